The van der Waals surface area contributed by atoms with Gasteiger partial charge in [-0.2, -0.15) is 0 Å². The molecule has 26 heavy (non-hydrogen) atoms. The van der Waals surface area contributed by atoms with E-state index in [0.717, 1.165) is 11.1 Å². The first-order chi connectivity index (χ1) is 12.6. The molecule has 138 valence electrons. The van der Waals surface area contributed by atoms with Crippen LogP contribution in [-0.2, 0) is 16.1 Å². The minimum Gasteiger partial charge on any atom is -0.478 e. The van der Waals surface area contributed by atoms with E-state index in [1.54, 1.807) is 13.3 Å². The number of hydrogen-bond acceptors (Lipinski definition) is 6. The minimum atomic E-state index is -0.666. The number of nitrogens with one attached hydrogen (secondary N) is 2. The number of methoxy groups -OCH3 is 1. The summed E-state index contributed by atoms with van der Waals surface area (Å²) in [5.41, 5.74) is 0.388. The predicted octanol–water partition coefficient (Wildman–Crippen LogP) is 2.29. The van der Waals surface area contributed by atoms with Gasteiger partial charge in [0.25, 0.3) is 5.91 Å². The molecule has 3 amide bonds. The Bertz CT molecular complexity index is 800. The molecule has 1 aliphatic heterocycles. The Labute approximate surface area is 152 Å². The van der Waals surface area contributed by atoms with Crippen LogP contribution in [0.3, 0.4) is 0 Å². The highest BCUT2D eigenvalue weighted by atomic mass is 32.1. The molecule has 0 unspecified atom stereocenters. The molecule has 2 aromatic rings. The topological polar surface area (TPSA) is 92.8 Å². The fraction of sp³-hybridized carbons (Fsp3) is 0.312. The average Bonchev–Trinajstić information content (AvgIpc) is 3.11. The van der Waals surface area contributed by atoms with E-state index < -0.39 is 11.8 Å². The van der Waals surface area contributed by atoms with Crippen molar-refractivity contribution >= 4 is 34.6 Å². The van der Waals surface area contributed by atoms with Gasteiger partial charge in [-0.3, -0.25) is 4.79 Å². The molecular weight excluding hydrogens is 363 g/mol. The molecule has 10 heteroatoms. The monoisotopic (exact) mass is 380 g/mol. The molecule has 0 saturated carbocycles. The van der Waals surface area contributed by atoms with E-state index in [-0.39, 0.29) is 29.6 Å². The van der Waals surface area contributed by atoms with Crippen molar-refractivity contribution in [3.05, 3.63) is 34.5 Å². The largest absolute Gasteiger partial charge is 0.478 e. The summed E-state index contributed by atoms with van der Waals surface area (Å²) < 4.78 is 24.2. The highest BCUT2D eigenvalue weighted by molar-refractivity contribution is 7.09. The lowest BCUT2D eigenvalue weighted by Gasteiger charge is -2.23. The van der Waals surface area contributed by atoms with Crippen molar-refractivity contribution in [3.63, 3.8) is 0 Å². The van der Waals surface area contributed by atoms with Gasteiger partial charge in [-0.15, -0.1) is 11.3 Å². The number of fused-ring (bicyclic) bond motifs is 1. The molecular formula is C16H17FN4O4S. The second-order valence-electron chi connectivity index (χ2n) is 5.44. The number of urea groups is 1. The highest BCUT2D eigenvalue weighted by Crippen LogP contribution is 2.34. The molecule has 0 spiro atoms. The minimum absolute atomic E-state index is 0.0402. The molecule has 1 aliphatic rings. The quantitative estimate of drug-likeness (QED) is 0.802. The summed E-state index contributed by atoms with van der Waals surface area (Å²) in [4.78, 5) is 29.7. The fourth-order valence-electron chi connectivity index (χ4n) is 2.38. The molecule has 0 saturated heterocycles. The third-order valence-corrected chi connectivity index (χ3v) is 4.34. The van der Waals surface area contributed by atoms with E-state index in [9.17, 15) is 14.0 Å². The van der Waals surface area contributed by atoms with Crippen LogP contribution in [0.5, 0.6) is 5.75 Å². The number of aromatic nitrogens is 1. The van der Waals surface area contributed by atoms with Crippen LogP contribution in [0.15, 0.2) is 23.7 Å². The van der Waals surface area contributed by atoms with Crippen LogP contribution in [0.4, 0.5) is 20.6 Å². The molecule has 1 aromatic heterocycles. The number of hydrogen-bond donors (Lipinski definition) is 2. The zero-order valence-corrected chi connectivity index (χ0v) is 14.8. The van der Waals surface area contributed by atoms with Crippen LogP contribution < -0.4 is 15.4 Å². The molecule has 0 bridgehead atoms. The van der Waals surface area contributed by atoms with E-state index in [4.69, 9.17) is 9.47 Å². The van der Waals surface area contributed by atoms with Gasteiger partial charge in [0, 0.05) is 37.0 Å². The van der Waals surface area contributed by atoms with Gasteiger partial charge in [-0.05, 0) is 6.07 Å². The van der Waals surface area contributed by atoms with Crippen molar-refractivity contribution in [1.29, 1.82) is 0 Å². The summed E-state index contributed by atoms with van der Waals surface area (Å²) in [7, 11) is 1.54. The van der Waals surface area contributed by atoms with Crippen LogP contribution in [0.2, 0.25) is 0 Å². The van der Waals surface area contributed by atoms with Crippen LogP contribution in [0.25, 0.3) is 0 Å². The summed E-state index contributed by atoms with van der Waals surface area (Å²) in [6.45, 7) is 0.755. The Hall–Kier alpha value is -2.72. The maximum absolute atomic E-state index is 14.1. The first kappa shape index (κ1) is 18.1. The Morgan fingerprint density at radius 3 is 3.12 bits per heavy atom. The van der Waals surface area contributed by atoms with Gasteiger partial charge in [-0.25, -0.2) is 14.2 Å². The van der Waals surface area contributed by atoms with E-state index in [0.29, 0.717) is 19.7 Å². The number of nitrogens with zero attached hydrogens (tertiary/aromatic N) is 2. The highest BCUT2D eigenvalue weighted by Gasteiger charge is 2.22. The van der Waals surface area contributed by atoms with E-state index >= 15 is 0 Å². The van der Waals surface area contributed by atoms with Crippen molar-refractivity contribution in [3.8, 4) is 5.75 Å². The smallest absolute Gasteiger partial charge is 0.322 e. The number of carbonyl (C=O) groups is 2. The lowest BCUT2D eigenvalue weighted by molar-refractivity contribution is -0.118. The van der Waals surface area contributed by atoms with E-state index in [1.807, 2.05) is 5.38 Å². The molecule has 0 radical (unpaired) electrons. The summed E-state index contributed by atoms with van der Waals surface area (Å²) in [5, 5.41) is 7.74. The first-order valence-corrected chi connectivity index (χ1v) is 8.64. The number of thiazole rings is 1. The Kier molecular flexibility index (Phi) is 5.64. The van der Waals surface area contributed by atoms with E-state index in [1.165, 1.54) is 22.3 Å². The zero-order chi connectivity index (χ0) is 18.5. The number of anilines is 2. The van der Waals surface area contributed by atoms with Crippen molar-refractivity contribution in [2.75, 3.05) is 37.5 Å². The number of ether oxygens (including phenoxy) is 2. The maximum Gasteiger partial charge on any atom is 0.322 e. The second-order valence-corrected chi connectivity index (χ2v) is 6.42. The molecule has 2 N–H and O–H groups in total. The second kappa shape index (κ2) is 8.11. The lowest BCUT2D eigenvalue weighted by atomic mass is 10.2. The van der Waals surface area contributed by atoms with Gasteiger partial charge in [0.05, 0.1) is 18.8 Å². The molecule has 1 aromatic carbocycles. The van der Waals surface area contributed by atoms with Gasteiger partial charge in [0.2, 0.25) is 0 Å². The fourth-order valence-corrected chi connectivity index (χ4v) is 3.01. The van der Waals surface area contributed by atoms with Crippen LogP contribution >= 0.6 is 11.3 Å². The van der Waals surface area contributed by atoms with E-state index in [2.05, 4.69) is 15.6 Å². The number of carbonyl (C=O) groups excluding carboxylic acids is 2. The summed E-state index contributed by atoms with van der Waals surface area (Å²) >= 11 is 1.43. The standard InChI is InChI=1S/C16H17FN4O4S/c1-24-4-3-21(8-14-18-2-5-26-14)16(23)19-10-6-11(17)15-12(7-10)20-13(22)9-25-15/h2,5-7H,3-4,8-9H2,1H3,(H,19,23)(H,20,22). The van der Waals surface area contributed by atoms with Gasteiger partial charge in [-0.1, -0.05) is 0 Å². The Morgan fingerprint density at radius 1 is 1.54 bits per heavy atom. The SMILES string of the molecule is COCCN(Cc1nccs1)C(=O)Nc1cc(F)c2c(c1)NC(=O)CO2. The van der Waals surface area contributed by atoms with Crippen molar-refractivity contribution in [1.82, 2.24) is 9.88 Å². The number of benzene rings is 1. The molecule has 2 heterocycles. The van der Waals surface area contributed by atoms with Crippen LogP contribution in [0, 0.1) is 5.82 Å². The predicted molar refractivity (Wildman–Crippen MR) is 93.9 cm³/mol. The number of rotatable bonds is 6. The normalized spacial score (nSPS) is 12.8. The molecule has 0 aliphatic carbocycles. The summed E-state index contributed by atoms with van der Waals surface area (Å²) in [6, 6.07) is 2.16. The molecule has 0 fully saturated rings. The molecule has 3 rings (SSSR count). The van der Waals surface area contributed by atoms with Crippen LogP contribution in [-0.4, -0.2) is 48.7 Å². The third kappa shape index (κ3) is 4.27. The summed E-state index contributed by atoms with van der Waals surface area (Å²) in [6.07, 6.45) is 1.66. The Morgan fingerprint density at radius 2 is 2.38 bits per heavy atom. The van der Waals surface area contributed by atoms with Crippen LogP contribution in [0.1, 0.15) is 5.01 Å². The lowest BCUT2D eigenvalue weighted by Crippen LogP contribution is -2.37. The van der Waals surface area contributed by atoms with Gasteiger partial charge in [0.15, 0.2) is 18.2 Å². The maximum atomic E-state index is 14.1. The average molecular weight is 380 g/mol. The first-order valence-electron chi connectivity index (χ1n) is 7.76. The van der Waals surface area contributed by atoms with Crippen molar-refractivity contribution in [2.24, 2.45) is 0 Å². The zero-order valence-electron chi connectivity index (χ0n) is 14.0. The molecule has 0 atom stereocenters. The molecule has 8 nitrogen and oxygen atoms in total. The van der Waals surface area contributed by atoms with Gasteiger partial charge >= 0.3 is 6.03 Å². The van der Waals surface area contributed by atoms with Crippen molar-refractivity contribution in [2.45, 2.75) is 6.54 Å². The Balaban J connectivity index is 1.75. The van der Waals surface area contributed by atoms with Gasteiger partial charge in [0.1, 0.15) is 5.01 Å². The number of halogens is 1. The number of amides is 3. The third-order valence-electron chi connectivity index (χ3n) is 3.58. The van der Waals surface area contributed by atoms with Gasteiger partial charge < -0.3 is 25.0 Å². The summed E-state index contributed by atoms with van der Waals surface area (Å²) in [5.74, 6) is -1.09. The van der Waals surface area contributed by atoms with Crippen molar-refractivity contribution < 1.29 is 23.5 Å².